The number of thioether (sulfide) groups is 1. The van der Waals surface area contributed by atoms with Gasteiger partial charge < -0.3 is 14.1 Å². The van der Waals surface area contributed by atoms with E-state index in [1.165, 1.54) is 28.8 Å². The molecule has 0 aliphatic rings. The molecule has 0 saturated carbocycles. The second kappa shape index (κ2) is 6.97. The van der Waals surface area contributed by atoms with Gasteiger partial charge in [0.25, 0.3) is 0 Å². The van der Waals surface area contributed by atoms with Crippen molar-refractivity contribution in [2.45, 2.75) is 17.3 Å². The lowest BCUT2D eigenvalue weighted by molar-refractivity contribution is 0.473. The van der Waals surface area contributed by atoms with Gasteiger partial charge in [0, 0.05) is 41.6 Å². The highest BCUT2D eigenvalue weighted by Gasteiger charge is 2.13. The van der Waals surface area contributed by atoms with Gasteiger partial charge in [-0.3, -0.25) is 0 Å². The summed E-state index contributed by atoms with van der Waals surface area (Å²) in [6.07, 6.45) is 0.749. The van der Waals surface area contributed by atoms with E-state index in [4.69, 9.17) is 4.42 Å². The summed E-state index contributed by atoms with van der Waals surface area (Å²) in [4.78, 5) is 13.0. The van der Waals surface area contributed by atoms with E-state index >= 15 is 0 Å². The number of hydrogen-bond acceptors (Lipinski definition) is 7. The fourth-order valence-corrected chi connectivity index (χ4v) is 4.30. The maximum atomic E-state index is 11.8. The van der Waals surface area contributed by atoms with Gasteiger partial charge in [-0.2, -0.15) is 0 Å². The van der Waals surface area contributed by atoms with Gasteiger partial charge in [0.05, 0.1) is 0 Å². The molecule has 0 radical (unpaired) electrons. The van der Waals surface area contributed by atoms with Crippen molar-refractivity contribution in [3.63, 3.8) is 0 Å². The van der Waals surface area contributed by atoms with Gasteiger partial charge >= 0.3 is 5.63 Å². The molecule has 0 fully saturated rings. The molecule has 1 aromatic carbocycles. The summed E-state index contributed by atoms with van der Waals surface area (Å²) in [5, 5.41) is 21.8. The smallest absolute Gasteiger partial charge is 0.336 e. The predicted octanol–water partition coefficient (Wildman–Crippen LogP) is 3.57. The number of aromatic hydroxyl groups is 1. The van der Waals surface area contributed by atoms with Crippen LogP contribution in [-0.2, 0) is 19.2 Å². The minimum absolute atomic E-state index is 0.0666. The number of aromatic nitrogens is 3. The van der Waals surface area contributed by atoms with Crippen molar-refractivity contribution in [2.24, 2.45) is 7.05 Å². The molecule has 3 aromatic heterocycles. The summed E-state index contributed by atoms with van der Waals surface area (Å²) in [6.45, 7) is 0. The second-order valence-corrected chi connectivity index (χ2v) is 7.75. The monoisotopic (exact) mass is 385 g/mol. The van der Waals surface area contributed by atoms with Crippen LogP contribution >= 0.6 is 23.1 Å². The number of rotatable bonds is 5. The Hall–Kier alpha value is -2.58. The number of thiophene rings is 1. The minimum atomic E-state index is -0.435. The van der Waals surface area contributed by atoms with Crippen LogP contribution in [0.3, 0.4) is 0 Å². The van der Waals surface area contributed by atoms with E-state index in [1.807, 2.05) is 23.1 Å². The van der Waals surface area contributed by atoms with Crippen molar-refractivity contribution >= 4 is 34.1 Å². The van der Waals surface area contributed by atoms with E-state index in [2.05, 4.69) is 16.3 Å². The highest BCUT2D eigenvalue weighted by Crippen LogP contribution is 2.27. The average Bonchev–Trinajstić information content (AvgIpc) is 3.24. The first kappa shape index (κ1) is 16.9. The Labute approximate surface area is 157 Å². The summed E-state index contributed by atoms with van der Waals surface area (Å²) >= 11 is 3.21. The average molecular weight is 385 g/mol. The van der Waals surface area contributed by atoms with Crippen LogP contribution in [0.2, 0.25) is 0 Å². The lowest BCUT2D eigenvalue weighted by atomic mass is 10.1. The predicted molar refractivity (Wildman–Crippen MR) is 102 cm³/mol. The Bertz CT molecular complexity index is 1120. The molecule has 1 N–H and O–H groups in total. The van der Waals surface area contributed by atoms with Gasteiger partial charge in [-0.15, -0.1) is 21.5 Å². The third-order valence-electron chi connectivity index (χ3n) is 4.01. The number of phenolic OH excluding ortho intramolecular Hbond substituents is 1. The Balaban J connectivity index is 1.57. The summed E-state index contributed by atoms with van der Waals surface area (Å²) in [5.74, 6) is 1.52. The van der Waals surface area contributed by atoms with Crippen molar-refractivity contribution in [3.8, 4) is 5.75 Å². The van der Waals surface area contributed by atoms with E-state index < -0.39 is 5.63 Å². The van der Waals surface area contributed by atoms with Gasteiger partial charge in [0.1, 0.15) is 17.2 Å². The first-order valence-corrected chi connectivity index (χ1v) is 9.76. The zero-order valence-corrected chi connectivity index (χ0v) is 15.5. The second-order valence-electron chi connectivity index (χ2n) is 5.77. The summed E-state index contributed by atoms with van der Waals surface area (Å²) in [5.41, 5.74) is 0.781. The molecule has 0 spiro atoms. The third kappa shape index (κ3) is 3.38. The lowest BCUT2D eigenvalue weighted by Gasteiger charge is -2.06. The quantitative estimate of drug-likeness (QED) is 0.418. The molecule has 4 rings (SSSR count). The Morgan fingerprint density at radius 1 is 1.27 bits per heavy atom. The van der Waals surface area contributed by atoms with Gasteiger partial charge in [-0.25, -0.2) is 4.79 Å². The number of fused-ring (bicyclic) bond motifs is 1. The van der Waals surface area contributed by atoms with Gasteiger partial charge in [-0.05, 0) is 29.1 Å². The van der Waals surface area contributed by atoms with Crippen LogP contribution < -0.4 is 5.63 Å². The highest BCUT2D eigenvalue weighted by molar-refractivity contribution is 7.98. The van der Waals surface area contributed by atoms with Crippen LogP contribution in [0.1, 0.15) is 16.3 Å². The van der Waals surface area contributed by atoms with Crippen molar-refractivity contribution in [1.29, 1.82) is 0 Å². The normalized spacial score (nSPS) is 11.3. The molecular formula is C18H15N3O3S2. The van der Waals surface area contributed by atoms with Crippen molar-refractivity contribution in [2.75, 3.05) is 0 Å². The summed E-state index contributed by atoms with van der Waals surface area (Å²) < 4.78 is 7.14. The fraction of sp³-hybridized carbons (Fsp3) is 0.167. The standard InChI is InChI=1S/C18H15N3O3S2/c1-21-16(9-13-3-2-6-25-13)19-20-18(21)26-10-11-7-17(23)24-15-8-12(22)4-5-14(11)15/h2-8,22H,9-10H2,1H3. The summed E-state index contributed by atoms with van der Waals surface area (Å²) in [6, 6.07) is 10.4. The molecule has 26 heavy (non-hydrogen) atoms. The van der Waals surface area contributed by atoms with E-state index in [0.717, 1.165) is 28.4 Å². The number of hydrogen-bond donors (Lipinski definition) is 1. The van der Waals surface area contributed by atoms with Crippen LogP contribution in [0.5, 0.6) is 5.75 Å². The van der Waals surface area contributed by atoms with E-state index in [1.54, 1.807) is 23.5 Å². The van der Waals surface area contributed by atoms with E-state index in [-0.39, 0.29) is 5.75 Å². The Morgan fingerprint density at radius 3 is 2.96 bits per heavy atom. The molecule has 0 aliphatic carbocycles. The maximum absolute atomic E-state index is 11.8. The molecule has 4 aromatic rings. The molecule has 0 atom stereocenters. The van der Waals surface area contributed by atoms with E-state index in [9.17, 15) is 9.90 Å². The number of phenols is 1. The topological polar surface area (TPSA) is 81.2 Å². The Morgan fingerprint density at radius 2 is 2.15 bits per heavy atom. The van der Waals surface area contributed by atoms with E-state index in [0.29, 0.717) is 11.3 Å². The molecule has 0 bridgehead atoms. The first-order valence-electron chi connectivity index (χ1n) is 7.89. The molecule has 3 heterocycles. The zero-order valence-electron chi connectivity index (χ0n) is 13.9. The first-order chi connectivity index (χ1) is 12.6. The largest absolute Gasteiger partial charge is 0.508 e. The number of nitrogens with zero attached hydrogens (tertiary/aromatic N) is 3. The molecule has 0 amide bonds. The zero-order chi connectivity index (χ0) is 18.1. The maximum Gasteiger partial charge on any atom is 0.336 e. The molecule has 132 valence electrons. The molecule has 0 unspecified atom stereocenters. The van der Waals surface area contributed by atoms with Gasteiger partial charge in [-0.1, -0.05) is 17.8 Å². The molecule has 8 heteroatoms. The van der Waals surface area contributed by atoms with Crippen LogP contribution in [0, 0.1) is 0 Å². The van der Waals surface area contributed by atoms with Crippen molar-refractivity contribution in [3.05, 3.63) is 68.5 Å². The molecule has 0 saturated heterocycles. The summed E-state index contributed by atoms with van der Waals surface area (Å²) in [7, 11) is 1.95. The van der Waals surface area contributed by atoms with Crippen molar-refractivity contribution < 1.29 is 9.52 Å². The molecule has 0 aliphatic heterocycles. The van der Waals surface area contributed by atoms with Crippen LogP contribution in [0.4, 0.5) is 0 Å². The Kier molecular flexibility index (Phi) is 4.52. The van der Waals surface area contributed by atoms with Crippen molar-refractivity contribution in [1.82, 2.24) is 14.8 Å². The van der Waals surface area contributed by atoms with Crippen LogP contribution in [-0.4, -0.2) is 19.9 Å². The van der Waals surface area contributed by atoms with Crippen LogP contribution in [0.15, 0.2) is 56.1 Å². The highest BCUT2D eigenvalue weighted by atomic mass is 32.2. The fourth-order valence-electron chi connectivity index (χ4n) is 2.67. The number of benzene rings is 1. The SMILES string of the molecule is Cn1c(Cc2cccs2)nnc1SCc1cc(=O)oc2cc(O)ccc12. The van der Waals surface area contributed by atoms with Gasteiger partial charge in [0.2, 0.25) is 0 Å². The lowest BCUT2D eigenvalue weighted by Crippen LogP contribution is -2.01. The third-order valence-corrected chi connectivity index (χ3v) is 5.95. The van der Waals surface area contributed by atoms with Gasteiger partial charge in [0.15, 0.2) is 5.16 Å². The van der Waals surface area contributed by atoms with Crippen LogP contribution in [0.25, 0.3) is 11.0 Å². The molecular weight excluding hydrogens is 370 g/mol. The minimum Gasteiger partial charge on any atom is -0.508 e. The molecule has 6 nitrogen and oxygen atoms in total.